The van der Waals surface area contributed by atoms with Gasteiger partial charge >= 0.3 is 0 Å². The number of nitrogens with zero attached hydrogens (tertiary/aromatic N) is 4. The Kier molecular flexibility index (Phi) is 8.79. The van der Waals surface area contributed by atoms with E-state index in [-0.39, 0.29) is 0 Å². The van der Waals surface area contributed by atoms with Crippen molar-refractivity contribution < 1.29 is 0 Å². The monoisotopic (exact) mass is 764 g/mol. The van der Waals surface area contributed by atoms with Crippen LogP contribution in [0.4, 0.5) is 0 Å². The molecule has 0 amide bonds. The van der Waals surface area contributed by atoms with Gasteiger partial charge < -0.3 is 0 Å². The smallest absolute Gasteiger partial charge is 0.164 e. The number of benzene rings is 9. The lowest BCUT2D eigenvalue weighted by Crippen LogP contribution is -2.00. The largest absolute Gasteiger partial charge is 0.247 e. The molecule has 2 heterocycles. The summed E-state index contributed by atoms with van der Waals surface area (Å²) in [5.41, 5.74) is 12.5. The van der Waals surface area contributed by atoms with Crippen LogP contribution in [0.5, 0.6) is 0 Å². The maximum absolute atomic E-state index is 5.28. The van der Waals surface area contributed by atoms with E-state index in [2.05, 4.69) is 206 Å². The Bertz CT molecular complexity index is 3240. The van der Waals surface area contributed by atoms with Gasteiger partial charge in [-0.1, -0.05) is 200 Å². The molecular formula is C56H36N4. The lowest BCUT2D eigenvalue weighted by Gasteiger charge is -2.11. The Morgan fingerprint density at radius 3 is 1.28 bits per heavy atom. The normalized spacial score (nSPS) is 11.3. The molecule has 4 heteroatoms. The second-order valence-corrected chi connectivity index (χ2v) is 15.1. The Morgan fingerprint density at radius 1 is 0.217 bits per heavy atom. The zero-order valence-corrected chi connectivity index (χ0v) is 32.6. The van der Waals surface area contributed by atoms with Crippen LogP contribution >= 0.6 is 0 Å². The number of pyridine rings is 1. The maximum Gasteiger partial charge on any atom is 0.164 e. The van der Waals surface area contributed by atoms with E-state index in [1.807, 2.05) is 12.1 Å². The van der Waals surface area contributed by atoms with Gasteiger partial charge in [0, 0.05) is 33.0 Å². The summed E-state index contributed by atoms with van der Waals surface area (Å²) >= 11 is 0. The molecule has 4 nitrogen and oxygen atoms in total. The van der Waals surface area contributed by atoms with Gasteiger partial charge in [0.1, 0.15) is 0 Å². The highest BCUT2D eigenvalue weighted by Crippen LogP contribution is 2.35. The molecule has 0 radical (unpaired) electrons. The van der Waals surface area contributed by atoms with Crippen LogP contribution in [0.2, 0.25) is 0 Å². The van der Waals surface area contributed by atoms with E-state index in [9.17, 15) is 0 Å². The first-order chi connectivity index (χ1) is 29.7. The Hall–Kier alpha value is -8.08. The van der Waals surface area contributed by atoms with Gasteiger partial charge in [0.15, 0.2) is 17.5 Å². The van der Waals surface area contributed by atoms with Crippen molar-refractivity contribution in [3.05, 3.63) is 218 Å². The molecule has 0 atom stereocenters. The fourth-order valence-electron chi connectivity index (χ4n) is 8.18. The van der Waals surface area contributed by atoms with Crippen molar-refractivity contribution in [1.82, 2.24) is 19.9 Å². The van der Waals surface area contributed by atoms with Gasteiger partial charge in [0.05, 0.1) is 11.2 Å². The Labute approximate surface area is 348 Å². The van der Waals surface area contributed by atoms with Crippen LogP contribution in [0.3, 0.4) is 0 Å². The topological polar surface area (TPSA) is 51.6 Å². The molecule has 0 bridgehead atoms. The second kappa shape index (κ2) is 15.0. The summed E-state index contributed by atoms with van der Waals surface area (Å²) < 4.78 is 0. The number of fused-ring (bicyclic) bond motifs is 5. The van der Waals surface area contributed by atoms with Gasteiger partial charge in [-0.15, -0.1) is 0 Å². The number of hydrogen-bond acceptors (Lipinski definition) is 4. The van der Waals surface area contributed by atoms with Crippen molar-refractivity contribution in [1.29, 1.82) is 0 Å². The van der Waals surface area contributed by atoms with E-state index in [4.69, 9.17) is 19.9 Å². The predicted molar refractivity (Wildman–Crippen MR) is 248 cm³/mol. The van der Waals surface area contributed by atoms with Crippen LogP contribution < -0.4 is 0 Å². The van der Waals surface area contributed by atoms with Gasteiger partial charge in [-0.3, -0.25) is 0 Å². The lowest BCUT2D eigenvalue weighted by atomic mass is 9.98. The van der Waals surface area contributed by atoms with Crippen LogP contribution in [0, 0.1) is 0 Å². The molecule has 0 unspecified atom stereocenters. The van der Waals surface area contributed by atoms with Gasteiger partial charge in [-0.05, 0) is 67.7 Å². The fourth-order valence-corrected chi connectivity index (χ4v) is 8.18. The van der Waals surface area contributed by atoms with Gasteiger partial charge in [-0.25, -0.2) is 19.9 Å². The third-order valence-corrected chi connectivity index (χ3v) is 11.3. The molecule has 0 spiro atoms. The van der Waals surface area contributed by atoms with Crippen molar-refractivity contribution in [3.63, 3.8) is 0 Å². The molecular weight excluding hydrogens is 729 g/mol. The SMILES string of the molecule is c1ccc(-c2ccc(-c3nc(-c4ccc(-c5ccccc5)cc4)nc(-c4cccc(-c5cccc(-c6ccc7ccc8c9ccccc9ccc8c7n6)c5)c4)n3)cc2)cc1. The molecule has 280 valence electrons. The van der Waals surface area contributed by atoms with E-state index >= 15 is 0 Å². The van der Waals surface area contributed by atoms with Crippen molar-refractivity contribution in [3.8, 4) is 78.8 Å². The summed E-state index contributed by atoms with van der Waals surface area (Å²) in [5.74, 6) is 1.86. The van der Waals surface area contributed by atoms with E-state index in [1.165, 1.54) is 27.3 Å². The van der Waals surface area contributed by atoms with Gasteiger partial charge in [-0.2, -0.15) is 0 Å². The third kappa shape index (κ3) is 6.66. The van der Waals surface area contributed by atoms with E-state index < -0.39 is 0 Å². The summed E-state index contributed by atoms with van der Waals surface area (Å²) in [5, 5.41) is 5.97. The first kappa shape index (κ1) is 35.1. The van der Waals surface area contributed by atoms with Gasteiger partial charge in [0.2, 0.25) is 0 Å². The molecule has 0 aliphatic carbocycles. The molecule has 0 N–H and O–H groups in total. The van der Waals surface area contributed by atoms with Crippen LogP contribution in [-0.2, 0) is 0 Å². The molecule has 0 aliphatic heterocycles. The average molecular weight is 765 g/mol. The number of hydrogen-bond donors (Lipinski definition) is 0. The molecule has 9 aromatic carbocycles. The van der Waals surface area contributed by atoms with Crippen LogP contribution in [0.15, 0.2) is 218 Å². The second-order valence-electron chi connectivity index (χ2n) is 15.1. The minimum atomic E-state index is 0.614. The summed E-state index contributed by atoms with van der Waals surface area (Å²) in [6.07, 6.45) is 0. The molecule has 60 heavy (non-hydrogen) atoms. The molecule has 11 rings (SSSR count). The van der Waals surface area contributed by atoms with Crippen molar-refractivity contribution in [2.75, 3.05) is 0 Å². The molecule has 0 aliphatic rings. The van der Waals surface area contributed by atoms with Crippen molar-refractivity contribution in [2.24, 2.45) is 0 Å². The Morgan fingerprint density at radius 2 is 0.650 bits per heavy atom. The quantitative estimate of drug-likeness (QED) is 0.152. The average Bonchev–Trinajstić information content (AvgIpc) is 3.34. The highest BCUT2D eigenvalue weighted by molar-refractivity contribution is 6.16. The van der Waals surface area contributed by atoms with E-state index in [0.29, 0.717) is 17.5 Å². The molecule has 0 saturated heterocycles. The molecule has 0 saturated carbocycles. The summed E-state index contributed by atoms with van der Waals surface area (Å²) in [7, 11) is 0. The number of aromatic nitrogens is 4. The van der Waals surface area contributed by atoms with E-state index in [0.717, 1.165) is 66.5 Å². The zero-order chi connectivity index (χ0) is 39.8. The minimum absolute atomic E-state index is 0.614. The fraction of sp³-hybridized carbons (Fsp3) is 0. The number of rotatable bonds is 7. The molecule has 11 aromatic rings. The summed E-state index contributed by atoms with van der Waals surface area (Å²) in [6.45, 7) is 0. The maximum atomic E-state index is 5.28. The van der Waals surface area contributed by atoms with Crippen molar-refractivity contribution in [2.45, 2.75) is 0 Å². The molecule has 0 fully saturated rings. The Balaban J connectivity index is 0.973. The first-order valence-electron chi connectivity index (χ1n) is 20.2. The minimum Gasteiger partial charge on any atom is -0.247 e. The standard InChI is InChI=1S/C56H36N4/c1-3-11-37(12-4-1)39-21-25-43(26-22-39)54-58-55(44-27-23-40(24-28-44)38-13-5-2-6-14-38)60-56(59-54)48-19-10-17-46(36-48)45-16-9-18-47(35-45)52-34-31-42-30-32-50-49-20-8-7-15-41(49)29-33-51(50)53(42)57-52/h1-36H. The lowest BCUT2D eigenvalue weighted by molar-refractivity contribution is 1.07. The summed E-state index contributed by atoms with van der Waals surface area (Å²) in [4.78, 5) is 20.5. The predicted octanol–water partition coefficient (Wildman–Crippen LogP) is 14.4. The molecule has 2 aromatic heterocycles. The van der Waals surface area contributed by atoms with E-state index in [1.54, 1.807) is 0 Å². The highest BCUT2D eigenvalue weighted by atomic mass is 15.0. The van der Waals surface area contributed by atoms with Gasteiger partial charge in [0.25, 0.3) is 0 Å². The van der Waals surface area contributed by atoms with Crippen molar-refractivity contribution >= 4 is 32.4 Å². The van der Waals surface area contributed by atoms with Crippen LogP contribution in [0.1, 0.15) is 0 Å². The van der Waals surface area contributed by atoms with Crippen LogP contribution in [-0.4, -0.2) is 19.9 Å². The zero-order valence-electron chi connectivity index (χ0n) is 32.6. The van der Waals surface area contributed by atoms with Crippen LogP contribution in [0.25, 0.3) is 111 Å². The first-order valence-corrected chi connectivity index (χ1v) is 20.2. The highest BCUT2D eigenvalue weighted by Gasteiger charge is 2.15. The third-order valence-electron chi connectivity index (χ3n) is 11.3. The summed E-state index contributed by atoms with van der Waals surface area (Å²) in [6, 6.07) is 76.4.